The third kappa shape index (κ3) is 3.61. The molecular formula is C21H26N4O2. The zero-order valence-electron chi connectivity index (χ0n) is 15.9. The molecule has 2 aromatic heterocycles. The Labute approximate surface area is 158 Å². The lowest BCUT2D eigenvalue weighted by atomic mass is 10.1. The van der Waals surface area contributed by atoms with Crippen molar-refractivity contribution >= 4 is 16.8 Å². The number of para-hydroxylation sites is 1. The average molecular weight is 366 g/mol. The van der Waals surface area contributed by atoms with Gasteiger partial charge in [0.05, 0.1) is 0 Å². The number of carbonyl (C=O) groups excluding carboxylic acids is 1. The van der Waals surface area contributed by atoms with Crippen molar-refractivity contribution in [2.75, 3.05) is 6.54 Å². The topological polar surface area (TPSA) is 75.0 Å². The van der Waals surface area contributed by atoms with E-state index in [0.29, 0.717) is 18.1 Å². The highest BCUT2D eigenvalue weighted by atomic mass is 16.5. The lowest BCUT2D eigenvalue weighted by molar-refractivity contribution is -0.132. The molecule has 3 aromatic rings. The molecule has 1 amide bonds. The summed E-state index contributed by atoms with van der Waals surface area (Å²) in [4.78, 5) is 22.5. The van der Waals surface area contributed by atoms with Crippen molar-refractivity contribution in [2.45, 2.75) is 57.9 Å². The Bertz CT molecular complexity index is 927. The van der Waals surface area contributed by atoms with Gasteiger partial charge in [-0.2, -0.15) is 4.98 Å². The number of carbonyl (C=O) groups is 1. The number of H-pyrrole nitrogens is 1. The van der Waals surface area contributed by atoms with Crippen molar-refractivity contribution in [1.82, 2.24) is 20.0 Å². The number of nitrogens with zero attached hydrogens (tertiary/aromatic N) is 3. The fourth-order valence-electron chi connectivity index (χ4n) is 3.85. The van der Waals surface area contributed by atoms with Crippen molar-refractivity contribution < 1.29 is 9.32 Å². The highest BCUT2D eigenvalue weighted by Crippen LogP contribution is 2.32. The summed E-state index contributed by atoms with van der Waals surface area (Å²) in [7, 11) is 0. The van der Waals surface area contributed by atoms with Crippen LogP contribution in [0.25, 0.3) is 10.9 Å². The number of fused-ring (bicyclic) bond motifs is 1. The van der Waals surface area contributed by atoms with Crippen LogP contribution in [-0.4, -0.2) is 32.5 Å². The molecule has 0 spiro atoms. The van der Waals surface area contributed by atoms with Crippen LogP contribution in [-0.2, 0) is 11.2 Å². The maximum absolute atomic E-state index is 12.8. The Morgan fingerprint density at radius 3 is 3.04 bits per heavy atom. The first kappa shape index (κ1) is 17.8. The SMILES string of the molecule is CC(C)c1noc(C2CCCN2C(=O)CCCc2c[nH]c3ccccc23)n1. The van der Waals surface area contributed by atoms with Gasteiger partial charge in [-0.05, 0) is 37.3 Å². The molecule has 1 aliphatic heterocycles. The van der Waals surface area contributed by atoms with Crippen LogP contribution >= 0.6 is 0 Å². The second-order valence-electron chi connectivity index (χ2n) is 7.60. The van der Waals surface area contributed by atoms with Gasteiger partial charge in [-0.3, -0.25) is 4.79 Å². The molecule has 1 fully saturated rings. The van der Waals surface area contributed by atoms with Crippen LogP contribution in [0.15, 0.2) is 35.0 Å². The quantitative estimate of drug-likeness (QED) is 0.703. The summed E-state index contributed by atoms with van der Waals surface area (Å²) in [5.74, 6) is 1.70. The predicted octanol–water partition coefficient (Wildman–Crippen LogP) is 4.36. The summed E-state index contributed by atoms with van der Waals surface area (Å²) < 4.78 is 5.44. The highest BCUT2D eigenvalue weighted by Gasteiger charge is 2.33. The number of nitrogens with one attached hydrogen (secondary N) is 1. The van der Waals surface area contributed by atoms with Gasteiger partial charge in [-0.1, -0.05) is 37.2 Å². The summed E-state index contributed by atoms with van der Waals surface area (Å²) in [6, 6.07) is 8.22. The van der Waals surface area contributed by atoms with E-state index in [9.17, 15) is 4.79 Å². The molecule has 6 nitrogen and oxygen atoms in total. The van der Waals surface area contributed by atoms with Gasteiger partial charge in [-0.25, -0.2) is 0 Å². The molecular weight excluding hydrogens is 340 g/mol. The highest BCUT2D eigenvalue weighted by molar-refractivity contribution is 5.83. The number of hydrogen-bond donors (Lipinski definition) is 1. The van der Waals surface area contributed by atoms with Gasteiger partial charge in [0.1, 0.15) is 6.04 Å². The molecule has 1 N–H and O–H groups in total. The second-order valence-corrected chi connectivity index (χ2v) is 7.60. The van der Waals surface area contributed by atoms with Crippen molar-refractivity contribution in [2.24, 2.45) is 0 Å². The molecule has 4 rings (SSSR count). The molecule has 6 heteroatoms. The predicted molar refractivity (Wildman–Crippen MR) is 103 cm³/mol. The molecule has 1 aliphatic rings. The van der Waals surface area contributed by atoms with E-state index in [-0.39, 0.29) is 17.9 Å². The normalized spacial score (nSPS) is 17.3. The first-order chi connectivity index (χ1) is 13.1. The minimum Gasteiger partial charge on any atom is -0.361 e. The summed E-state index contributed by atoms with van der Waals surface area (Å²) >= 11 is 0. The summed E-state index contributed by atoms with van der Waals surface area (Å²) in [5.41, 5.74) is 2.42. The zero-order valence-corrected chi connectivity index (χ0v) is 15.9. The number of benzene rings is 1. The van der Waals surface area contributed by atoms with Gasteiger partial charge in [0.15, 0.2) is 5.82 Å². The lowest BCUT2D eigenvalue weighted by Gasteiger charge is -2.21. The number of amides is 1. The molecule has 1 unspecified atom stereocenters. The van der Waals surface area contributed by atoms with E-state index in [1.165, 1.54) is 10.9 Å². The van der Waals surface area contributed by atoms with E-state index >= 15 is 0 Å². The summed E-state index contributed by atoms with van der Waals surface area (Å²) in [6.07, 6.45) is 6.21. The van der Waals surface area contributed by atoms with Crippen molar-refractivity contribution in [1.29, 1.82) is 0 Å². The van der Waals surface area contributed by atoms with E-state index < -0.39 is 0 Å². The zero-order chi connectivity index (χ0) is 18.8. The van der Waals surface area contributed by atoms with Crippen LogP contribution in [0, 0.1) is 0 Å². The van der Waals surface area contributed by atoms with Gasteiger partial charge in [0.25, 0.3) is 0 Å². The van der Waals surface area contributed by atoms with Crippen molar-refractivity contribution in [3.8, 4) is 0 Å². The van der Waals surface area contributed by atoms with E-state index in [0.717, 1.165) is 37.7 Å². The van der Waals surface area contributed by atoms with Gasteiger partial charge < -0.3 is 14.4 Å². The van der Waals surface area contributed by atoms with Crippen molar-refractivity contribution in [3.05, 3.63) is 47.7 Å². The number of likely N-dealkylation sites (tertiary alicyclic amines) is 1. The van der Waals surface area contributed by atoms with E-state index in [1.807, 2.05) is 24.8 Å². The molecule has 0 saturated carbocycles. The first-order valence-electron chi connectivity index (χ1n) is 9.81. The van der Waals surface area contributed by atoms with Crippen LogP contribution in [0.2, 0.25) is 0 Å². The van der Waals surface area contributed by atoms with Crippen LogP contribution in [0.5, 0.6) is 0 Å². The second kappa shape index (κ2) is 7.55. The van der Waals surface area contributed by atoms with E-state index in [1.54, 1.807) is 0 Å². The fraction of sp³-hybridized carbons (Fsp3) is 0.476. The molecule has 3 heterocycles. The van der Waals surface area contributed by atoms with Crippen LogP contribution in [0.4, 0.5) is 0 Å². The molecule has 27 heavy (non-hydrogen) atoms. The summed E-state index contributed by atoms with van der Waals surface area (Å²) in [6.45, 7) is 4.85. The molecule has 0 aliphatic carbocycles. The Hall–Kier alpha value is -2.63. The minimum atomic E-state index is -0.0643. The summed E-state index contributed by atoms with van der Waals surface area (Å²) in [5, 5.41) is 5.30. The Morgan fingerprint density at radius 2 is 2.22 bits per heavy atom. The van der Waals surface area contributed by atoms with Crippen LogP contribution in [0.1, 0.15) is 68.8 Å². The molecule has 0 bridgehead atoms. The third-order valence-electron chi connectivity index (χ3n) is 5.34. The molecule has 1 atom stereocenters. The smallest absolute Gasteiger partial charge is 0.249 e. The Morgan fingerprint density at radius 1 is 1.37 bits per heavy atom. The van der Waals surface area contributed by atoms with Gasteiger partial charge in [-0.15, -0.1) is 0 Å². The molecule has 142 valence electrons. The Kier molecular flexibility index (Phi) is 4.97. The number of aromatic nitrogens is 3. The largest absolute Gasteiger partial charge is 0.361 e. The number of rotatable bonds is 6. The number of aryl methyl sites for hydroxylation is 1. The standard InChI is InChI=1S/C21H26N4O2/c1-14(2)20-23-21(27-24-20)18-10-6-12-25(18)19(26)11-5-7-15-13-22-17-9-4-3-8-16(15)17/h3-4,8-9,13-14,18,22H,5-7,10-12H2,1-2H3. The minimum absolute atomic E-state index is 0.0643. The lowest BCUT2D eigenvalue weighted by Crippen LogP contribution is -2.30. The van der Waals surface area contributed by atoms with Crippen LogP contribution < -0.4 is 0 Å². The van der Waals surface area contributed by atoms with Gasteiger partial charge in [0.2, 0.25) is 11.8 Å². The van der Waals surface area contributed by atoms with E-state index in [4.69, 9.17) is 4.52 Å². The average Bonchev–Trinajstić information content (AvgIpc) is 3.40. The monoisotopic (exact) mass is 366 g/mol. The fourth-order valence-corrected chi connectivity index (χ4v) is 3.85. The van der Waals surface area contributed by atoms with Crippen molar-refractivity contribution in [3.63, 3.8) is 0 Å². The maximum atomic E-state index is 12.8. The van der Waals surface area contributed by atoms with Gasteiger partial charge >= 0.3 is 0 Å². The maximum Gasteiger partial charge on any atom is 0.249 e. The molecule has 1 aromatic carbocycles. The first-order valence-corrected chi connectivity index (χ1v) is 9.81. The third-order valence-corrected chi connectivity index (χ3v) is 5.34. The number of hydrogen-bond acceptors (Lipinski definition) is 4. The van der Waals surface area contributed by atoms with Gasteiger partial charge in [0, 0.05) is 36.0 Å². The van der Waals surface area contributed by atoms with Crippen LogP contribution in [0.3, 0.4) is 0 Å². The number of aromatic amines is 1. The molecule has 0 radical (unpaired) electrons. The molecule has 1 saturated heterocycles. The van der Waals surface area contributed by atoms with E-state index in [2.05, 4.69) is 39.5 Å². The Balaban J connectivity index is 1.37.